The second kappa shape index (κ2) is 7.26. The first-order valence-electron chi connectivity index (χ1n) is 8.77. The number of nitrogens with zero attached hydrogens (tertiary/aromatic N) is 1. The SMILES string of the molecule is CCCNC1CCC(C)CC1CN1CCc2sccc2C1. The van der Waals surface area contributed by atoms with Crippen LogP contribution in [0.15, 0.2) is 11.4 Å². The van der Waals surface area contributed by atoms with E-state index < -0.39 is 0 Å². The van der Waals surface area contributed by atoms with Gasteiger partial charge < -0.3 is 5.32 Å². The lowest BCUT2D eigenvalue weighted by atomic mass is 9.78. The van der Waals surface area contributed by atoms with Gasteiger partial charge in [-0.1, -0.05) is 13.8 Å². The average Bonchev–Trinajstić information content (AvgIpc) is 2.94. The zero-order chi connectivity index (χ0) is 14.7. The summed E-state index contributed by atoms with van der Waals surface area (Å²) in [5.41, 5.74) is 1.59. The molecular weight excluding hydrogens is 276 g/mol. The monoisotopic (exact) mass is 306 g/mol. The van der Waals surface area contributed by atoms with Gasteiger partial charge in [-0.15, -0.1) is 11.3 Å². The molecule has 1 N–H and O–H groups in total. The van der Waals surface area contributed by atoms with E-state index in [1.165, 1.54) is 58.3 Å². The lowest BCUT2D eigenvalue weighted by Crippen LogP contribution is -2.46. The Bertz CT molecular complexity index is 440. The molecule has 21 heavy (non-hydrogen) atoms. The first-order chi connectivity index (χ1) is 10.3. The van der Waals surface area contributed by atoms with Crippen LogP contribution in [0.1, 0.15) is 50.0 Å². The smallest absolute Gasteiger partial charge is 0.0245 e. The zero-order valence-electron chi connectivity index (χ0n) is 13.6. The average molecular weight is 307 g/mol. The molecule has 0 amide bonds. The van der Waals surface area contributed by atoms with Gasteiger partial charge >= 0.3 is 0 Å². The Kier molecular flexibility index (Phi) is 5.36. The van der Waals surface area contributed by atoms with E-state index in [0.29, 0.717) is 0 Å². The van der Waals surface area contributed by atoms with E-state index in [0.717, 1.165) is 17.9 Å². The summed E-state index contributed by atoms with van der Waals surface area (Å²) in [5.74, 6) is 1.76. The van der Waals surface area contributed by atoms with Crippen molar-refractivity contribution < 1.29 is 0 Å². The zero-order valence-corrected chi connectivity index (χ0v) is 14.4. The highest BCUT2D eigenvalue weighted by Crippen LogP contribution is 2.31. The van der Waals surface area contributed by atoms with Crippen LogP contribution in [0.25, 0.3) is 0 Å². The summed E-state index contributed by atoms with van der Waals surface area (Å²) >= 11 is 1.95. The summed E-state index contributed by atoms with van der Waals surface area (Å²) in [4.78, 5) is 4.34. The fraction of sp³-hybridized carbons (Fsp3) is 0.778. The molecule has 3 rings (SSSR count). The Morgan fingerprint density at radius 3 is 3.14 bits per heavy atom. The van der Waals surface area contributed by atoms with E-state index >= 15 is 0 Å². The number of thiophene rings is 1. The standard InChI is InChI=1S/C18H30N2S/c1-3-8-19-17-5-4-14(2)11-16(17)13-20-9-6-18-15(12-20)7-10-21-18/h7,10,14,16-17,19H,3-6,8-9,11-13H2,1-2H3. The first-order valence-corrected chi connectivity index (χ1v) is 9.65. The highest BCUT2D eigenvalue weighted by atomic mass is 32.1. The molecule has 1 fully saturated rings. The molecule has 1 aliphatic carbocycles. The van der Waals surface area contributed by atoms with Crippen LogP contribution in [0.4, 0.5) is 0 Å². The molecule has 2 heterocycles. The maximum absolute atomic E-state index is 3.82. The maximum Gasteiger partial charge on any atom is 0.0245 e. The van der Waals surface area contributed by atoms with E-state index in [1.807, 2.05) is 11.3 Å². The second-order valence-corrected chi connectivity index (χ2v) is 8.09. The highest BCUT2D eigenvalue weighted by molar-refractivity contribution is 7.10. The Balaban J connectivity index is 1.58. The first kappa shape index (κ1) is 15.5. The van der Waals surface area contributed by atoms with E-state index in [-0.39, 0.29) is 0 Å². The molecular formula is C18H30N2S. The fourth-order valence-corrected chi connectivity index (χ4v) is 4.98. The molecule has 0 spiro atoms. The van der Waals surface area contributed by atoms with Crippen LogP contribution >= 0.6 is 11.3 Å². The normalized spacial score (nSPS) is 30.3. The lowest BCUT2D eigenvalue weighted by molar-refractivity contribution is 0.137. The van der Waals surface area contributed by atoms with Crippen molar-refractivity contribution in [3.8, 4) is 0 Å². The minimum Gasteiger partial charge on any atom is -0.314 e. The van der Waals surface area contributed by atoms with E-state index in [1.54, 1.807) is 10.4 Å². The van der Waals surface area contributed by atoms with Crippen molar-refractivity contribution in [2.24, 2.45) is 11.8 Å². The Labute approximate surface area is 133 Å². The van der Waals surface area contributed by atoms with Crippen LogP contribution in [0.3, 0.4) is 0 Å². The molecule has 0 aromatic carbocycles. The van der Waals surface area contributed by atoms with Gasteiger partial charge in [0, 0.05) is 30.6 Å². The largest absolute Gasteiger partial charge is 0.314 e. The summed E-state index contributed by atoms with van der Waals surface area (Å²) in [6.07, 6.45) is 6.72. The van der Waals surface area contributed by atoms with Gasteiger partial charge in [0.25, 0.3) is 0 Å². The topological polar surface area (TPSA) is 15.3 Å². The molecule has 118 valence electrons. The number of fused-ring (bicyclic) bond motifs is 1. The second-order valence-electron chi connectivity index (χ2n) is 7.09. The van der Waals surface area contributed by atoms with Crippen molar-refractivity contribution in [3.05, 3.63) is 21.9 Å². The molecule has 3 heteroatoms. The van der Waals surface area contributed by atoms with Crippen LogP contribution in [0, 0.1) is 11.8 Å². The van der Waals surface area contributed by atoms with Crippen molar-refractivity contribution in [3.63, 3.8) is 0 Å². The molecule has 2 aliphatic rings. The number of hydrogen-bond acceptors (Lipinski definition) is 3. The summed E-state index contributed by atoms with van der Waals surface area (Å²) < 4.78 is 0. The van der Waals surface area contributed by atoms with E-state index in [9.17, 15) is 0 Å². The minimum absolute atomic E-state index is 0.755. The number of rotatable bonds is 5. The van der Waals surface area contributed by atoms with Crippen LogP contribution in [0.2, 0.25) is 0 Å². The van der Waals surface area contributed by atoms with Crippen LogP contribution in [-0.4, -0.2) is 30.6 Å². The van der Waals surface area contributed by atoms with Crippen LogP contribution in [0.5, 0.6) is 0 Å². The Morgan fingerprint density at radius 2 is 2.29 bits per heavy atom. The molecule has 1 aromatic heterocycles. The molecule has 0 bridgehead atoms. The molecule has 3 unspecified atom stereocenters. The van der Waals surface area contributed by atoms with Crippen molar-refractivity contribution in [2.75, 3.05) is 19.6 Å². The lowest BCUT2D eigenvalue weighted by Gasteiger charge is -2.39. The number of hydrogen-bond donors (Lipinski definition) is 1. The van der Waals surface area contributed by atoms with Crippen LogP contribution < -0.4 is 5.32 Å². The summed E-state index contributed by atoms with van der Waals surface area (Å²) in [6, 6.07) is 3.09. The molecule has 0 radical (unpaired) electrons. The maximum atomic E-state index is 3.82. The van der Waals surface area contributed by atoms with Crippen molar-refractivity contribution in [1.82, 2.24) is 10.2 Å². The van der Waals surface area contributed by atoms with Gasteiger partial charge in [0.1, 0.15) is 0 Å². The predicted octanol–water partition coefficient (Wildman–Crippen LogP) is 3.91. The van der Waals surface area contributed by atoms with Crippen molar-refractivity contribution >= 4 is 11.3 Å². The minimum atomic E-state index is 0.755. The fourth-order valence-electron chi connectivity index (χ4n) is 4.09. The third kappa shape index (κ3) is 3.88. The predicted molar refractivity (Wildman–Crippen MR) is 91.9 cm³/mol. The molecule has 3 atom stereocenters. The van der Waals surface area contributed by atoms with E-state index in [4.69, 9.17) is 0 Å². The van der Waals surface area contributed by atoms with Gasteiger partial charge in [-0.05, 0) is 67.5 Å². The quantitative estimate of drug-likeness (QED) is 0.887. The molecule has 1 saturated carbocycles. The molecule has 0 saturated heterocycles. The van der Waals surface area contributed by atoms with E-state index in [2.05, 4.69) is 35.5 Å². The van der Waals surface area contributed by atoms with Gasteiger partial charge in [-0.25, -0.2) is 0 Å². The Hall–Kier alpha value is -0.380. The Morgan fingerprint density at radius 1 is 1.38 bits per heavy atom. The molecule has 2 nitrogen and oxygen atoms in total. The van der Waals surface area contributed by atoms with Gasteiger partial charge in [0.15, 0.2) is 0 Å². The summed E-state index contributed by atoms with van der Waals surface area (Å²) in [5, 5.41) is 6.09. The summed E-state index contributed by atoms with van der Waals surface area (Å²) in [7, 11) is 0. The number of nitrogens with one attached hydrogen (secondary N) is 1. The molecule has 1 aromatic rings. The van der Waals surface area contributed by atoms with Crippen LogP contribution in [-0.2, 0) is 13.0 Å². The van der Waals surface area contributed by atoms with Gasteiger partial charge in [-0.3, -0.25) is 4.90 Å². The van der Waals surface area contributed by atoms with Crippen molar-refractivity contribution in [1.29, 1.82) is 0 Å². The third-order valence-electron chi connectivity index (χ3n) is 5.28. The van der Waals surface area contributed by atoms with Gasteiger partial charge in [0.05, 0.1) is 0 Å². The molecule has 1 aliphatic heterocycles. The van der Waals surface area contributed by atoms with Gasteiger partial charge in [0.2, 0.25) is 0 Å². The third-order valence-corrected chi connectivity index (χ3v) is 6.30. The highest BCUT2D eigenvalue weighted by Gasteiger charge is 2.30. The van der Waals surface area contributed by atoms with Gasteiger partial charge in [-0.2, -0.15) is 0 Å². The summed E-state index contributed by atoms with van der Waals surface area (Å²) in [6.45, 7) is 9.64. The van der Waals surface area contributed by atoms with Crippen molar-refractivity contribution in [2.45, 2.75) is 58.5 Å².